The minimum atomic E-state index is -1.01. The van der Waals surface area contributed by atoms with E-state index in [0.717, 1.165) is 12.8 Å². The smallest absolute Gasteiger partial charge is 0.304 e. The summed E-state index contributed by atoms with van der Waals surface area (Å²) in [6, 6.07) is 3.37. The molecular weight excluding hydrogens is 528 g/mol. The van der Waals surface area contributed by atoms with E-state index < -0.39 is 42.4 Å². The number of hydrogen-bond acceptors (Lipinski definition) is 8. The van der Waals surface area contributed by atoms with Gasteiger partial charge in [-0.25, -0.2) is 0 Å². The van der Waals surface area contributed by atoms with Gasteiger partial charge in [0, 0.05) is 33.4 Å². The van der Waals surface area contributed by atoms with Crippen molar-refractivity contribution in [2.24, 2.45) is 0 Å². The monoisotopic (exact) mass is 577 g/mol. The topological polar surface area (TPSA) is 121 Å². The molecule has 0 aliphatic carbocycles. The molecule has 0 saturated carbocycles. The van der Waals surface area contributed by atoms with E-state index in [-0.39, 0.29) is 12.5 Å². The molecule has 230 valence electrons. The van der Waals surface area contributed by atoms with Crippen molar-refractivity contribution in [2.75, 3.05) is 13.2 Å². The molecule has 1 aromatic heterocycles. The van der Waals surface area contributed by atoms with Gasteiger partial charge in [-0.05, 0) is 12.5 Å². The van der Waals surface area contributed by atoms with E-state index in [4.69, 9.17) is 18.9 Å². The van der Waals surface area contributed by atoms with Crippen LogP contribution in [0.5, 0.6) is 0 Å². The molecule has 2 heterocycles. The average molecular weight is 578 g/mol. The van der Waals surface area contributed by atoms with Crippen molar-refractivity contribution >= 4 is 23.8 Å². The van der Waals surface area contributed by atoms with E-state index in [0.29, 0.717) is 12.1 Å². The zero-order valence-electron chi connectivity index (χ0n) is 25.2. The summed E-state index contributed by atoms with van der Waals surface area (Å²) in [5, 5.41) is 2.97. The summed E-state index contributed by atoms with van der Waals surface area (Å²) in [6.45, 7) is 6.36. The number of pyridine rings is 1. The minimum Gasteiger partial charge on any atom is -0.463 e. The predicted molar refractivity (Wildman–Crippen MR) is 152 cm³/mol. The van der Waals surface area contributed by atoms with Crippen LogP contribution in [0, 0.1) is 0 Å². The molecule has 1 saturated heterocycles. The van der Waals surface area contributed by atoms with Gasteiger partial charge < -0.3 is 24.3 Å². The maximum Gasteiger partial charge on any atom is 0.304 e. The largest absolute Gasteiger partial charge is 0.463 e. The number of carbonyl (C=O) groups excluding carboxylic acids is 4. The van der Waals surface area contributed by atoms with Crippen LogP contribution in [0.15, 0.2) is 24.5 Å². The fraction of sp³-hybridized carbons (Fsp3) is 0.710. The number of ether oxygens (including phenoxy) is 4. The first-order valence-electron chi connectivity index (χ1n) is 15.1. The molecule has 1 aromatic rings. The first-order valence-corrected chi connectivity index (χ1v) is 15.1. The van der Waals surface area contributed by atoms with Gasteiger partial charge in [0.2, 0.25) is 6.10 Å². The minimum absolute atomic E-state index is 0.193. The lowest BCUT2D eigenvalue weighted by atomic mass is 10.1. The first-order chi connectivity index (χ1) is 19.7. The molecule has 0 spiro atoms. The highest BCUT2D eigenvalue weighted by Gasteiger charge is 2.54. The van der Waals surface area contributed by atoms with Gasteiger partial charge in [-0.3, -0.25) is 19.2 Å². The number of aromatic nitrogens is 1. The lowest BCUT2D eigenvalue weighted by Gasteiger charge is -2.21. The number of rotatable bonds is 19. The molecule has 0 bridgehead atoms. The van der Waals surface area contributed by atoms with E-state index in [9.17, 15) is 19.2 Å². The van der Waals surface area contributed by atoms with Gasteiger partial charge in [-0.2, -0.15) is 4.57 Å². The number of hydrogen-bond donors (Lipinski definition) is 1. The second-order valence-corrected chi connectivity index (χ2v) is 10.7. The number of nitrogens with one attached hydrogen (secondary N) is 1. The summed E-state index contributed by atoms with van der Waals surface area (Å²) in [7, 11) is 0. The number of nitrogens with zero attached hydrogens (tertiary/aromatic N) is 1. The Hall–Kier alpha value is -3.01. The molecule has 1 amide bonds. The van der Waals surface area contributed by atoms with Crippen LogP contribution >= 0.6 is 0 Å². The van der Waals surface area contributed by atoms with Crippen LogP contribution in [0.25, 0.3) is 0 Å². The van der Waals surface area contributed by atoms with Crippen LogP contribution in [0.1, 0.15) is 121 Å². The van der Waals surface area contributed by atoms with E-state index in [1.165, 1.54) is 85.0 Å². The lowest BCUT2D eigenvalue weighted by molar-refractivity contribution is -0.765. The second kappa shape index (κ2) is 19.2. The summed E-state index contributed by atoms with van der Waals surface area (Å²) in [6.07, 6.45) is 14.5. The third kappa shape index (κ3) is 13.0. The number of esters is 3. The Labute approximate surface area is 244 Å². The zero-order chi connectivity index (χ0) is 30.0. The number of unbranched alkanes of at least 4 members (excludes halogenated alkanes) is 11. The second-order valence-electron chi connectivity index (χ2n) is 10.7. The normalized spacial score (nSPS) is 19.9. The van der Waals surface area contributed by atoms with Gasteiger partial charge in [-0.15, -0.1) is 0 Å². The zero-order valence-corrected chi connectivity index (χ0v) is 25.2. The van der Waals surface area contributed by atoms with E-state index in [1.54, 1.807) is 29.1 Å². The highest BCUT2D eigenvalue weighted by atomic mass is 16.7. The highest BCUT2D eigenvalue weighted by Crippen LogP contribution is 2.31. The predicted octanol–water partition coefficient (Wildman–Crippen LogP) is 4.73. The Morgan fingerprint density at radius 3 is 1.93 bits per heavy atom. The van der Waals surface area contributed by atoms with Crippen molar-refractivity contribution in [3.63, 3.8) is 0 Å². The molecule has 10 heteroatoms. The Morgan fingerprint density at radius 2 is 1.37 bits per heavy atom. The maximum absolute atomic E-state index is 12.8. The molecule has 0 unspecified atom stereocenters. The van der Waals surface area contributed by atoms with E-state index in [1.807, 2.05) is 0 Å². The molecule has 1 fully saturated rings. The van der Waals surface area contributed by atoms with Gasteiger partial charge in [0.25, 0.3) is 5.91 Å². The molecule has 1 aliphatic rings. The van der Waals surface area contributed by atoms with Crippen LogP contribution < -0.4 is 9.88 Å². The van der Waals surface area contributed by atoms with Crippen molar-refractivity contribution < 1.29 is 42.7 Å². The first kappa shape index (κ1) is 34.2. The van der Waals surface area contributed by atoms with Gasteiger partial charge in [0.15, 0.2) is 18.5 Å². The van der Waals surface area contributed by atoms with Crippen LogP contribution in [-0.2, 0) is 33.3 Å². The standard InChI is InChI=1S/C31H48N2O8/c1-5-6-7-8-9-10-11-12-13-14-15-16-19-32-30(37)26-18-17-20-33(21-26)31-29(40-25(4)36)28(39-24(3)35)27(41-31)22-38-23(2)34/h17-18,20-21,27-29,31H,5-16,19,22H2,1-4H3/p+1/t27-,28-,29-,31-/m1/s1. The SMILES string of the molecule is CCCCCCCCCCCCCCNC(=O)c1ccc[n+]([C@@H]2O[C@H](COC(C)=O)[C@@H](OC(C)=O)[C@H]2OC(C)=O)c1. The maximum atomic E-state index is 12.8. The van der Waals surface area contributed by atoms with Crippen molar-refractivity contribution in [2.45, 2.75) is 129 Å². The summed E-state index contributed by atoms with van der Waals surface area (Å²) in [5.41, 5.74) is 0.407. The molecule has 0 radical (unpaired) electrons. The summed E-state index contributed by atoms with van der Waals surface area (Å²) in [4.78, 5) is 47.9. The summed E-state index contributed by atoms with van der Waals surface area (Å²) in [5.74, 6) is -1.94. The van der Waals surface area contributed by atoms with Gasteiger partial charge in [0.1, 0.15) is 18.3 Å². The summed E-state index contributed by atoms with van der Waals surface area (Å²) < 4.78 is 23.6. The average Bonchev–Trinajstić information content (AvgIpc) is 3.25. The molecule has 10 nitrogen and oxygen atoms in total. The lowest BCUT2D eigenvalue weighted by Crippen LogP contribution is -2.49. The third-order valence-electron chi connectivity index (χ3n) is 7.03. The van der Waals surface area contributed by atoms with Crippen molar-refractivity contribution in [1.82, 2.24) is 5.32 Å². The molecular formula is C31H49N2O8+. The quantitative estimate of drug-likeness (QED) is 0.108. The van der Waals surface area contributed by atoms with E-state index >= 15 is 0 Å². The van der Waals surface area contributed by atoms with Crippen LogP contribution in [-0.4, -0.2) is 55.3 Å². The van der Waals surface area contributed by atoms with Crippen LogP contribution in [0.2, 0.25) is 0 Å². The van der Waals surface area contributed by atoms with E-state index in [2.05, 4.69) is 12.2 Å². The van der Waals surface area contributed by atoms with Gasteiger partial charge in [0.05, 0.1) is 0 Å². The molecule has 41 heavy (non-hydrogen) atoms. The van der Waals surface area contributed by atoms with Crippen LogP contribution in [0.4, 0.5) is 0 Å². The van der Waals surface area contributed by atoms with Crippen LogP contribution in [0.3, 0.4) is 0 Å². The fourth-order valence-corrected chi connectivity index (χ4v) is 4.99. The Morgan fingerprint density at radius 1 is 0.805 bits per heavy atom. The van der Waals surface area contributed by atoms with Gasteiger partial charge >= 0.3 is 24.1 Å². The fourth-order valence-electron chi connectivity index (χ4n) is 4.99. The molecule has 1 aliphatic heterocycles. The Kier molecular flexibility index (Phi) is 16.0. The number of amides is 1. The Bertz CT molecular complexity index is 969. The third-order valence-corrected chi connectivity index (χ3v) is 7.03. The van der Waals surface area contributed by atoms with Gasteiger partial charge in [-0.1, -0.05) is 77.6 Å². The molecule has 0 aromatic carbocycles. The molecule has 2 rings (SSSR count). The Balaban J connectivity index is 1.86. The highest BCUT2D eigenvalue weighted by molar-refractivity contribution is 5.93. The van der Waals surface area contributed by atoms with Crippen molar-refractivity contribution in [3.8, 4) is 0 Å². The van der Waals surface area contributed by atoms with Crippen molar-refractivity contribution in [1.29, 1.82) is 0 Å². The molecule has 4 atom stereocenters. The summed E-state index contributed by atoms with van der Waals surface area (Å²) >= 11 is 0. The van der Waals surface area contributed by atoms with Crippen molar-refractivity contribution in [3.05, 3.63) is 30.1 Å². The molecule has 1 N–H and O–H groups in total. The number of carbonyl (C=O) groups is 4.